The van der Waals surface area contributed by atoms with E-state index in [9.17, 15) is 0 Å². The number of hydrogen-bond acceptors (Lipinski definition) is 6. The number of fused-ring (bicyclic) bond motifs is 2. The van der Waals surface area contributed by atoms with Crippen molar-refractivity contribution in [3.05, 3.63) is 71.8 Å². The lowest BCUT2D eigenvalue weighted by atomic mass is 10.2. The van der Waals surface area contributed by atoms with Gasteiger partial charge in [0.1, 0.15) is 11.6 Å². The van der Waals surface area contributed by atoms with Crippen LogP contribution in [0.4, 0.5) is 0 Å². The first kappa shape index (κ1) is 18.5. The summed E-state index contributed by atoms with van der Waals surface area (Å²) < 4.78 is 0. The number of hydrogen-bond donors (Lipinski definition) is 2. The number of benzene rings is 2. The van der Waals surface area contributed by atoms with Crippen molar-refractivity contribution in [2.75, 3.05) is 0 Å². The lowest BCUT2D eigenvalue weighted by Crippen LogP contribution is -1.73. The van der Waals surface area contributed by atoms with Gasteiger partial charge in [0.2, 0.25) is 0 Å². The minimum atomic E-state index is 0.611. The van der Waals surface area contributed by atoms with Crippen molar-refractivity contribution >= 4 is 44.7 Å². The molecule has 0 atom stereocenters. The van der Waals surface area contributed by atoms with Crippen LogP contribution < -0.4 is 0 Å². The van der Waals surface area contributed by atoms with Gasteiger partial charge in [0.05, 0.1) is 55.1 Å². The fourth-order valence-electron chi connectivity index (χ4n) is 3.59. The van der Waals surface area contributed by atoms with Crippen molar-refractivity contribution in [3.8, 4) is 43.3 Å². The molecule has 0 amide bonds. The van der Waals surface area contributed by atoms with E-state index in [0.717, 1.165) is 53.2 Å². The van der Waals surface area contributed by atoms with Gasteiger partial charge in [0.15, 0.2) is 0 Å². The van der Waals surface area contributed by atoms with Gasteiger partial charge in [-0.15, -0.1) is 22.7 Å². The Hall–Kier alpha value is -4.24. The van der Waals surface area contributed by atoms with Crippen LogP contribution in [-0.2, 0) is 0 Å². The van der Waals surface area contributed by atoms with Crippen LogP contribution in [0.3, 0.4) is 0 Å². The first-order valence-electron chi connectivity index (χ1n) is 9.71. The van der Waals surface area contributed by atoms with Crippen LogP contribution in [-0.4, -0.2) is 19.9 Å². The van der Waals surface area contributed by atoms with E-state index in [4.69, 9.17) is 10.5 Å². The van der Waals surface area contributed by atoms with Crippen molar-refractivity contribution in [1.29, 1.82) is 10.5 Å². The molecule has 0 saturated carbocycles. The summed E-state index contributed by atoms with van der Waals surface area (Å²) in [5, 5.41) is 18.2. The largest absolute Gasteiger partial charge is 0.337 e. The summed E-state index contributed by atoms with van der Waals surface area (Å²) >= 11 is 3.34. The number of nitrogens with one attached hydrogen (secondary N) is 2. The number of rotatable bonds is 3. The molecule has 0 aliphatic rings. The second-order valence-electron chi connectivity index (χ2n) is 7.19. The molecule has 0 radical (unpaired) electrons. The molecule has 4 aromatic heterocycles. The third kappa shape index (κ3) is 3.07. The first-order valence-corrected chi connectivity index (χ1v) is 11.3. The molecule has 6 aromatic rings. The van der Waals surface area contributed by atoms with Gasteiger partial charge < -0.3 is 9.97 Å². The van der Waals surface area contributed by atoms with E-state index < -0.39 is 0 Å². The monoisotopic (exact) mass is 448 g/mol. The van der Waals surface area contributed by atoms with Gasteiger partial charge in [0.25, 0.3) is 0 Å². The molecule has 32 heavy (non-hydrogen) atoms. The predicted octanol–water partition coefficient (Wildman–Crippen LogP) is 6.31. The summed E-state index contributed by atoms with van der Waals surface area (Å²) in [7, 11) is 0. The van der Waals surface area contributed by atoms with Gasteiger partial charge in [-0.1, -0.05) is 0 Å². The van der Waals surface area contributed by atoms with Crippen molar-refractivity contribution in [3.63, 3.8) is 0 Å². The normalized spacial score (nSPS) is 11.1. The Morgan fingerprint density at radius 3 is 1.47 bits per heavy atom. The molecule has 0 spiro atoms. The summed E-state index contributed by atoms with van der Waals surface area (Å²) in [4.78, 5) is 20.4. The van der Waals surface area contributed by atoms with E-state index in [0.29, 0.717) is 11.1 Å². The van der Waals surface area contributed by atoms with Gasteiger partial charge in [-0.25, -0.2) is 9.97 Å². The van der Waals surface area contributed by atoms with Crippen molar-refractivity contribution < 1.29 is 0 Å². The van der Waals surface area contributed by atoms with Crippen LogP contribution in [0.15, 0.2) is 60.7 Å². The third-order valence-corrected chi connectivity index (χ3v) is 7.52. The number of nitrogens with zero attached hydrogens (tertiary/aromatic N) is 4. The fraction of sp³-hybridized carbons (Fsp3) is 0. The zero-order valence-electron chi connectivity index (χ0n) is 16.4. The molecule has 0 aliphatic heterocycles. The Morgan fingerprint density at radius 2 is 1.03 bits per heavy atom. The Labute approximate surface area is 190 Å². The quantitative estimate of drug-likeness (QED) is 0.331. The van der Waals surface area contributed by atoms with E-state index in [1.165, 1.54) is 0 Å². The highest BCUT2D eigenvalue weighted by Crippen LogP contribution is 2.39. The summed E-state index contributed by atoms with van der Waals surface area (Å²) in [6, 6.07) is 23.6. The van der Waals surface area contributed by atoms with Crippen molar-refractivity contribution in [2.45, 2.75) is 0 Å². The minimum Gasteiger partial charge on any atom is -0.337 e. The van der Waals surface area contributed by atoms with Crippen LogP contribution in [0.1, 0.15) is 11.1 Å². The first-order chi connectivity index (χ1) is 15.7. The van der Waals surface area contributed by atoms with E-state index in [1.54, 1.807) is 34.8 Å². The highest BCUT2D eigenvalue weighted by molar-refractivity contribution is 7.25. The second-order valence-corrected chi connectivity index (χ2v) is 9.35. The lowest BCUT2D eigenvalue weighted by molar-refractivity contribution is 1.36. The summed E-state index contributed by atoms with van der Waals surface area (Å²) in [5.41, 5.74) is 4.63. The van der Waals surface area contributed by atoms with Crippen molar-refractivity contribution in [2.24, 2.45) is 0 Å². The highest BCUT2D eigenvalue weighted by Gasteiger charge is 2.13. The van der Waals surface area contributed by atoms with E-state index in [2.05, 4.69) is 56.3 Å². The molecule has 4 heterocycles. The van der Waals surface area contributed by atoms with Crippen LogP contribution in [0.2, 0.25) is 0 Å². The molecule has 2 aromatic carbocycles. The summed E-state index contributed by atoms with van der Waals surface area (Å²) in [5.74, 6) is 1.60. The summed E-state index contributed by atoms with van der Waals surface area (Å²) in [6.45, 7) is 0. The van der Waals surface area contributed by atoms with Crippen LogP contribution in [0, 0.1) is 22.7 Å². The maximum Gasteiger partial charge on any atom is 0.148 e. The van der Waals surface area contributed by atoms with E-state index in [-0.39, 0.29) is 0 Å². The van der Waals surface area contributed by atoms with Crippen LogP contribution in [0.5, 0.6) is 0 Å². The lowest BCUT2D eigenvalue weighted by Gasteiger charge is -1.91. The molecule has 6 nitrogen and oxygen atoms in total. The van der Waals surface area contributed by atoms with Gasteiger partial charge in [0, 0.05) is 9.75 Å². The number of aromatic nitrogens is 4. The topological polar surface area (TPSA) is 105 Å². The molecule has 0 fully saturated rings. The number of thiophene rings is 2. The number of nitriles is 2. The van der Waals surface area contributed by atoms with Gasteiger partial charge >= 0.3 is 0 Å². The molecule has 0 bridgehead atoms. The minimum absolute atomic E-state index is 0.611. The maximum atomic E-state index is 9.10. The zero-order chi connectivity index (χ0) is 21.7. The standard InChI is InChI=1S/C24H12N6S2/c25-11-13-1-3-15-17(9-13)29-23(27-15)21-7-5-19(31-21)20-6-8-22(32-20)24-28-16-4-2-14(12-26)10-18(16)30-24/h1-10H,(H,27,29)(H,28,30). The molecule has 2 N–H and O–H groups in total. The Balaban J connectivity index is 1.32. The maximum absolute atomic E-state index is 9.10. The second kappa shape index (κ2) is 7.17. The highest BCUT2D eigenvalue weighted by atomic mass is 32.1. The zero-order valence-corrected chi connectivity index (χ0v) is 18.0. The molecule has 0 aliphatic carbocycles. The SMILES string of the molecule is N#Cc1ccc2nc(-c3ccc(-c4ccc(-c5nc6ccc(C#N)cc6[nH]5)s4)s3)[nH]c2c1. The van der Waals surface area contributed by atoms with Crippen LogP contribution in [0.25, 0.3) is 53.2 Å². The third-order valence-electron chi connectivity index (χ3n) is 5.14. The Bertz CT molecular complexity index is 1590. The molecule has 0 saturated heterocycles. The van der Waals surface area contributed by atoms with E-state index in [1.807, 2.05) is 24.3 Å². The Kier molecular flexibility index (Phi) is 4.15. The number of imidazole rings is 2. The number of H-pyrrole nitrogens is 2. The number of aromatic amines is 2. The molecule has 6 rings (SSSR count). The molecule has 150 valence electrons. The molecular formula is C24H12N6S2. The van der Waals surface area contributed by atoms with Gasteiger partial charge in [-0.3, -0.25) is 0 Å². The fourth-order valence-corrected chi connectivity index (χ4v) is 5.58. The van der Waals surface area contributed by atoms with Gasteiger partial charge in [-0.2, -0.15) is 10.5 Å². The smallest absolute Gasteiger partial charge is 0.148 e. The van der Waals surface area contributed by atoms with Gasteiger partial charge in [-0.05, 0) is 60.7 Å². The molecular weight excluding hydrogens is 436 g/mol. The van der Waals surface area contributed by atoms with E-state index >= 15 is 0 Å². The Morgan fingerprint density at radius 1 is 0.594 bits per heavy atom. The average molecular weight is 449 g/mol. The molecule has 0 unspecified atom stereocenters. The van der Waals surface area contributed by atoms with Crippen LogP contribution >= 0.6 is 22.7 Å². The predicted molar refractivity (Wildman–Crippen MR) is 127 cm³/mol. The molecule has 8 heteroatoms. The van der Waals surface area contributed by atoms with Crippen molar-refractivity contribution in [1.82, 2.24) is 19.9 Å². The average Bonchev–Trinajstić information content (AvgIpc) is 3.61. The summed E-state index contributed by atoms with van der Waals surface area (Å²) in [6.07, 6.45) is 0.